The lowest BCUT2D eigenvalue weighted by atomic mass is 9.75. The summed E-state index contributed by atoms with van der Waals surface area (Å²) in [7, 11) is 0. The van der Waals surface area contributed by atoms with Crippen LogP contribution in [0.5, 0.6) is 0 Å². The Kier molecular flexibility index (Phi) is 7.91. The van der Waals surface area contributed by atoms with Gasteiger partial charge >= 0.3 is 6.18 Å². The lowest BCUT2D eigenvalue weighted by Crippen LogP contribution is -2.47. The van der Waals surface area contributed by atoms with E-state index >= 15 is 0 Å². The number of halogens is 3. The lowest BCUT2D eigenvalue weighted by molar-refractivity contribution is -0.144. The molecule has 0 spiro atoms. The van der Waals surface area contributed by atoms with E-state index in [4.69, 9.17) is 0 Å². The van der Waals surface area contributed by atoms with Crippen LogP contribution in [0.2, 0.25) is 0 Å². The minimum absolute atomic E-state index is 0.0153. The van der Waals surface area contributed by atoms with Crippen LogP contribution < -0.4 is 0 Å². The maximum Gasteiger partial charge on any atom is 0.416 e. The monoisotopic (exact) mass is 495 g/mol. The molecule has 0 aliphatic carbocycles. The van der Waals surface area contributed by atoms with E-state index in [0.29, 0.717) is 39.0 Å². The summed E-state index contributed by atoms with van der Waals surface area (Å²) in [6.45, 7) is 7.35. The summed E-state index contributed by atoms with van der Waals surface area (Å²) in [6, 6.07) is 4.34. The molecule has 0 aromatic heterocycles. The minimum Gasteiger partial charge on any atom is -0.343 e. The average molecular weight is 496 g/mol. The molecule has 7 nitrogen and oxygen atoms in total. The highest BCUT2D eigenvalue weighted by Gasteiger charge is 2.54. The van der Waals surface area contributed by atoms with Gasteiger partial charge in [0.2, 0.25) is 23.6 Å². The Morgan fingerprint density at radius 2 is 1.71 bits per heavy atom. The summed E-state index contributed by atoms with van der Waals surface area (Å²) in [5, 5.41) is 0. The fraction of sp³-hybridized carbons (Fsp3) is 0.600. The van der Waals surface area contributed by atoms with Crippen molar-refractivity contribution in [1.82, 2.24) is 14.7 Å². The van der Waals surface area contributed by atoms with Gasteiger partial charge in [0.1, 0.15) is 0 Å². The van der Waals surface area contributed by atoms with Crippen LogP contribution in [0.15, 0.2) is 24.3 Å². The first kappa shape index (κ1) is 26.7. The van der Waals surface area contributed by atoms with Gasteiger partial charge in [0.05, 0.1) is 11.0 Å². The molecule has 35 heavy (non-hydrogen) atoms. The molecule has 0 bridgehead atoms. The van der Waals surface area contributed by atoms with Gasteiger partial charge in [-0.05, 0) is 45.2 Å². The van der Waals surface area contributed by atoms with Gasteiger partial charge in [-0.15, -0.1) is 0 Å². The van der Waals surface area contributed by atoms with Gasteiger partial charge in [0, 0.05) is 51.5 Å². The molecule has 1 aromatic rings. The largest absolute Gasteiger partial charge is 0.416 e. The summed E-state index contributed by atoms with van der Waals surface area (Å²) in [5.74, 6) is -1.70. The standard InChI is InChI=1S/C25H32F3N3O4/c1-4-29(5-2)22(34)17-10-12-30(13-11-17)20(32)15-24(16-21(33)31(6-3)23(24)35)18-8-7-9-19(14-18)25(26,27)28/h7-9,14,17H,4-6,10-13,15-16H2,1-3H3. The van der Waals surface area contributed by atoms with Gasteiger partial charge in [-0.2, -0.15) is 13.2 Å². The number of rotatable bonds is 7. The maximum absolute atomic E-state index is 13.4. The number of nitrogens with zero attached hydrogens (tertiary/aromatic N) is 3. The Morgan fingerprint density at radius 3 is 2.23 bits per heavy atom. The van der Waals surface area contributed by atoms with Gasteiger partial charge in [0.25, 0.3) is 0 Å². The van der Waals surface area contributed by atoms with Crippen molar-refractivity contribution in [2.75, 3.05) is 32.7 Å². The van der Waals surface area contributed by atoms with Gasteiger partial charge in [-0.25, -0.2) is 0 Å². The third-order valence-electron chi connectivity index (χ3n) is 7.19. The van der Waals surface area contributed by atoms with Crippen LogP contribution in [0, 0.1) is 5.92 Å². The Balaban J connectivity index is 1.84. The summed E-state index contributed by atoms with van der Waals surface area (Å²) >= 11 is 0. The Labute approximate surface area is 203 Å². The van der Waals surface area contributed by atoms with Crippen molar-refractivity contribution in [3.05, 3.63) is 35.4 Å². The molecular weight excluding hydrogens is 463 g/mol. The van der Waals surface area contributed by atoms with Gasteiger partial charge < -0.3 is 9.80 Å². The van der Waals surface area contributed by atoms with E-state index in [1.165, 1.54) is 12.1 Å². The molecule has 1 atom stereocenters. The maximum atomic E-state index is 13.4. The van der Waals surface area contributed by atoms with Crippen molar-refractivity contribution in [2.45, 2.75) is 58.0 Å². The number of likely N-dealkylation sites (tertiary alicyclic amines) is 2. The Bertz CT molecular complexity index is 984. The van der Waals surface area contributed by atoms with Crippen molar-refractivity contribution >= 4 is 23.6 Å². The zero-order chi connectivity index (χ0) is 26.0. The molecule has 2 heterocycles. The van der Waals surface area contributed by atoms with Crippen LogP contribution in [-0.4, -0.2) is 71.1 Å². The van der Waals surface area contributed by atoms with Crippen LogP contribution in [0.1, 0.15) is 57.6 Å². The van der Waals surface area contributed by atoms with Gasteiger partial charge in [0.15, 0.2) is 0 Å². The Morgan fingerprint density at radius 1 is 1.09 bits per heavy atom. The zero-order valence-corrected chi connectivity index (χ0v) is 20.4. The van der Waals surface area contributed by atoms with Crippen molar-refractivity contribution in [3.63, 3.8) is 0 Å². The second-order valence-corrected chi connectivity index (χ2v) is 9.12. The van der Waals surface area contributed by atoms with Crippen LogP contribution in [0.4, 0.5) is 13.2 Å². The lowest BCUT2D eigenvalue weighted by Gasteiger charge is -2.36. The van der Waals surface area contributed by atoms with E-state index in [9.17, 15) is 32.3 Å². The molecule has 0 radical (unpaired) electrons. The highest BCUT2D eigenvalue weighted by Crippen LogP contribution is 2.42. The highest BCUT2D eigenvalue weighted by atomic mass is 19.4. The smallest absolute Gasteiger partial charge is 0.343 e. The van der Waals surface area contributed by atoms with E-state index in [2.05, 4.69) is 0 Å². The van der Waals surface area contributed by atoms with E-state index in [1.54, 1.807) is 16.7 Å². The molecule has 2 aliphatic rings. The van der Waals surface area contributed by atoms with Crippen LogP contribution >= 0.6 is 0 Å². The molecule has 0 N–H and O–H groups in total. The van der Waals surface area contributed by atoms with Crippen LogP contribution in [0.25, 0.3) is 0 Å². The van der Waals surface area contributed by atoms with E-state index in [-0.39, 0.29) is 30.4 Å². The number of imide groups is 1. The fourth-order valence-electron chi connectivity index (χ4n) is 5.12. The third-order valence-corrected chi connectivity index (χ3v) is 7.19. The minimum atomic E-state index is -4.63. The summed E-state index contributed by atoms with van der Waals surface area (Å²) < 4.78 is 40.2. The third kappa shape index (κ3) is 5.21. The predicted molar refractivity (Wildman–Crippen MR) is 122 cm³/mol. The molecule has 0 saturated carbocycles. The quantitative estimate of drug-likeness (QED) is 0.545. The Hall–Kier alpha value is -2.91. The molecule has 10 heteroatoms. The summed E-state index contributed by atoms with van der Waals surface area (Å²) in [5.41, 5.74) is -2.60. The second kappa shape index (κ2) is 10.4. The van der Waals surface area contributed by atoms with Gasteiger partial charge in [-0.3, -0.25) is 24.1 Å². The molecule has 192 valence electrons. The van der Waals surface area contributed by atoms with E-state index in [1.807, 2.05) is 13.8 Å². The predicted octanol–water partition coefficient (Wildman–Crippen LogP) is 3.22. The topological polar surface area (TPSA) is 78.0 Å². The fourth-order valence-corrected chi connectivity index (χ4v) is 5.12. The first-order valence-corrected chi connectivity index (χ1v) is 12.1. The summed E-state index contributed by atoms with van der Waals surface area (Å²) in [6.07, 6.45) is -4.43. The number of likely N-dealkylation sites (N-methyl/N-ethyl adjacent to an activating group) is 1. The number of hydrogen-bond acceptors (Lipinski definition) is 4. The number of hydrogen-bond donors (Lipinski definition) is 0. The van der Waals surface area contributed by atoms with Crippen LogP contribution in [0.3, 0.4) is 0 Å². The average Bonchev–Trinajstić information content (AvgIpc) is 3.08. The molecular formula is C25H32F3N3O4. The molecule has 2 aliphatic heterocycles. The first-order chi connectivity index (χ1) is 16.5. The molecule has 2 saturated heterocycles. The number of amides is 4. The first-order valence-electron chi connectivity index (χ1n) is 12.1. The van der Waals surface area contributed by atoms with E-state index < -0.39 is 41.3 Å². The number of benzene rings is 1. The highest BCUT2D eigenvalue weighted by molar-refractivity contribution is 6.10. The summed E-state index contributed by atoms with van der Waals surface area (Å²) in [4.78, 5) is 56.2. The molecule has 4 amide bonds. The number of alkyl halides is 3. The molecule has 3 rings (SSSR count). The van der Waals surface area contributed by atoms with Crippen molar-refractivity contribution in [3.8, 4) is 0 Å². The molecule has 1 aromatic carbocycles. The van der Waals surface area contributed by atoms with E-state index in [0.717, 1.165) is 17.0 Å². The molecule has 2 fully saturated rings. The van der Waals surface area contributed by atoms with Crippen molar-refractivity contribution in [2.24, 2.45) is 5.92 Å². The zero-order valence-electron chi connectivity index (χ0n) is 20.4. The number of carbonyl (C=O) groups is 4. The van der Waals surface area contributed by atoms with Crippen LogP contribution in [-0.2, 0) is 30.8 Å². The number of carbonyl (C=O) groups excluding carboxylic acids is 4. The SMILES string of the molecule is CCN(CC)C(=O)C1CCN(C(=O)CC2(c3cccc(C(F)(F)F)c3)CC(=O)N(CC)C2=O)CC1. The molecule has 1 unspecified atom stereocenters. The van der Waals surface area contributed by atoms with Crippen molar-refractivity contribution in [1.29, 1.82) is 0 Å². The van der Waals surface area contributed by atoms with Crippen molar-refractivity contribution < 1.29 is 32.3 Å². The normalized spacial score (nSPS) is 21.5. The second-order valence-electron chi connectivity index (χ2n) is 9.12. The van der Waals surface area contributed by atoms with Gasteiger partial charge in [-0.1, -0.05) is 18.2 Å². The number of piperidine rings is 1.